The quantitative estimate of drug-likeness (QED) is 0.584. The van der Waals surface area contributed by atoms with Gasteiger partial charge in [-0.05, 0) is 23.8 Å². The summed E-state index contributed by atoms with van der Waals surface area (Å²) in [5.41, 5.74) is 0.775. The number of nitrogens with one attached hydrogen (secondary N) is 2. The zero-order valence-electron chi connectivity index (χ0n) is 16.5. The van der Waals surface area contributed by atoms with Gasteiger partial charge in [-0.15, -0.1) is 0 Å². The topological polar surface area (TPSA) is 119 Å². The molecular formula is C21H20N4O5. The Kier molecular flexibility index (Phi) is 6.21. The van der Waals surface area contributed by atoms with Gasteiger partial charge in [-0.2, -0.15) is 5.10 Å². The molecule has 3 aromatic rings. The Morgan fingerprint density at radius 1 is 1.03 bits per heavy atom. The minimum atomic E-state index is -0.462. The minimum Gasteiger partial charge on any atom is -0.465 e. The lowest BCUT2D eigenvalue weighted by Gasteiger charge is -2.11. The van der Waals surface area contributed by atoms with Crippen LogP contribution in [-0.2, 0) is 22.6 Å². The highest BCUT2D eigenvalue weighted by atomic mass is 16.5. The zero-order valence-corrected chi connectivity index (χ0v) is 16.5. The molecule has 0 bridgehead atoms. The summed E-state index contributed by atoms with van der Waals surface area (Å²) in [6, 6.07) is 13.2. The summed E-state index contributed by atoms with van der Waals surface area (Å²) in [7, 11) is 2.77. The van der Waals surface area contributed by atoms with Crippen LogP contribution in [0.15, 0.2) is 53.3 Å². The molecule has 9 heteroatoms. The standard InChI is InChI=1S/C21H20N4O5/c1-22-19(27)18-15-5-3-4-6-16(15)20(28)25(24-18)12-17(26)23-11-13-7-9-14(10-8-13)21(29)30-2/h3-10H,11-12H2,1-2H3,(H,22,27)(H,23,26). The summed E-state index contributed by atoms with van der Waals surface area (Å²) in [4.78, 5) is 48.7. The first-order valence-electron chi connectivity index (χ1n) is 9.10. The second kappa shape index (κ2) is 8.99. The first-order chi connectivity index (χ1) is 14.4. The number of rotatable bonds is 6. The summed E-state index contributed by atoms with van der Waals surface area (Å²) in [5.74, 6) is -1.34. The Labute approximate surface area is 171 Å². The third-order valence-corrected chi connectivity index (χ3v) is 4.47. The van der Waals surface area contributed by atoms with Crippen molar-refractivity contribution in [2.75, 3.05) is 14.2 Å². The normalized spacial score (nSPS) is 10.5. The van der Waals surface area contributed by atoms with Crippen LogP contribution in [0.4, 0.5) is 0 Å². The number of ether oxygens (including phenoxy) is 1. The van der Waals surface area contributed by atoms with Crippen LogP contribution in [0, 0.1) is 0 Å². The van der Waals surface area contributed by atoms with Crippen molar-refractivity contribution in [1.29, 1.82) is 0 Å². The van der Waals surface area contributed by atoms with Crippen LogP contribution in [-0.4, -0.2) is 41.7 Å². The van der Waals surface area contributed by atoms with Gasteiger partial charge >= 0.3 is 5.97 Å². The Morgan fingerprint density at radius 3 is 2.33 bits per heavy atom. The molecule has 0 radical (unpaired) electrons. The Morgan fingerprint density at radius 2 is 1.70 bits per heavy atom. The number of hydrogen-bond acceptors (Lipinski definition) is 6. The fraction of sp³-hybridized carbons (Fsp3) is 0.190. The van der Waals surface area contributed by atoms with Gasteiger partial charge in [-0.25, -0.2) is 9.48 Å². The predicted molar refractivity (Wildman–Crippen MR) is 109 cm³/mol. The third kappa shape index (κ3) is 4.35. The van der Waals surface area contributed by atoms with E-state index in [1.54, 1.807) is 48.5 Å². The van der Waals surface area contributed by atoms with Crippen LogP contribution in [0.5, 0.6) is 0 Å². The highest BCUT2D eigenvalue weighted by molar-refractivity contribution is 6.04. The first kappa shape index (κ1) is 20.7. The Hall–Kier alpha value is -4.01. The third-order valence-electron chi connectivity index (χ3n) is 4.47. The molecule has 1 heterocycles. The molecule has 154 valence electrons. The van der Waals surface area contributed by atoms with Gasteiger partial charge in [0.15, 0.2) is 5.69 Å². The number of carbonyl (C=O) groups excluding carboxylic acids is 3. The summed E-state index contributed by atoms with van der Waals surface area (Å²) in [5, 5.41) is 9.99. The van der Waals surface area contributed by atoms with E-state index in [4.69, 9.17) is 0 Å². The highest BCUT2D eigenvalue weighted by Crippen LogP contribution is 2.13. The van der Waals surface area contributed by atoms with E-state index in [0.29, 0.717) is 16.3 Å². The fourth-order valence-electron chi connectivity index (χ4n) is 2.90. The summed E-state index contributed by atoms with van der Waals surface area (Å²) >= 11 is 0. The van der Waals surface area contributed by atoms with Crippen molar-refractivity contribution < 1.29 is 19.1 Å². The minimum absolute atomic E-state index is 0.0684. The number of nitrogens with zero attached hydrogens (tertiary/aromatic N) is 2. The molecule has 0 unspecified atom stereocenters. The molecular weight excluding hydrogens is 388 g/mol. The van der Waals surface area contributed by atoms with Crippen LogP contribution in [0.3, 0.4) is 0 Å². The number of aromatic nitrogens is 2. The van der Waals surface area contributed by atoms with Crippen LogP contribution in [0.1, 0.15) is 26.4 Å². The van der Waals surface area contributed by atoms with Gasteiger partial charge < -0.3 is 15.4 Å². The molecule has 3 rings (SSSR count). The molecule has 2 aromatic carbocycles. The molecule has 2 N–H and O–H groups in total. The molecule has 0 spiro atoms. The van der Waals surface area contributed by atoms with Crippen LogP contribution in [0.25, 0.3) is 10.8 Å². The smallest absolute Gasteiger partial charge is 0.337 e. The highest BCUT2D eigenvalue weighted by Gasteiger charge is 2.17. The second-order valence-electron chi connectivity index (χ2n) is 6.40. The molecule has 0 saturated carbocycles. The Bertz CT molecular complexity index is 1170. The SMILES string of the molecule is CNC(=O)c1nn(CC(=O)NCc2ccc(C(=O)OC)cc2)c(=O)c2ccccc12. The molecule has 0 atom stereocenters. The van der Waals surface area contributed by atoms with E-state index in [0.717, 1.165) is 10.2 Å². The Balaban J connectivity index is 1.76. The number of carbonyl (C=O) groups is 3. The van der Waals surface area contributed by atoms with E-state index in [1.807, 2.05) is 0 Å². The lowest BCUT2D eigenvalue weighted by Crippen LogP contribution is -2.35. The van der Waals surface area contributed by atoms with Crippen LogP contribution in [0.2, 0.25) is 0 Å². The predicted octanol–water partition coefficient (Wildman–Crippen LogP) is 0.859. The summed E-state index contributed by atoms with van der Waals surface area (Å²) in [6.07, 6.45) is 0. The summed E-state index contributed by atoms with van der Waals surface area (Å²) < 4.78 is 5.62. The number of fused-ring (bicyclic) bond motifs is 1. The molecule has 0 aliphatic rings. The average Bonchev–Trinajstić information content (AvgIpc) is 2.78. The van der Waals surface area contributed by atoms with Gasteiger partial charge in [0.2, 0.25) is 5.91 Å². The largest absolute Gasteiger partial charge is 0.465 e. The van der Waals surface area contributed by atoms with Crippen molar-refractivity contribution in [2.45, 2.75) is 13.1 Å². The van der Waals surface area contributed by atoms with Gasteiger partial charge in [0, 0.05) is 19.0 Å². The van der Waals surface area contributed by atoms with E-state index in [2.05, 4.69) is 20.5 Å². The van der Waals surface area contributed by atoms with Crippen LogP contribution >= 0.6 is 0 Å². The van der Waals surface area contributed by atoms with Gasteiger partial charge in [-0.1, -0.05) is 30.3 Å². The molecule has 0 aliphatic heterocycles. The maximum atomic E-state index is 12.7. The van der Waals surface area contributed by atoms with Crippen molar-refractivity contribution in [3.05, 3.63) is 75.7 Å². The maximum Gasteiger partial charge on any atom is 0.337 e. The van der Waals surface area contributed by atoms with Crippen molar-refractivity contribution in [3.63, 3.8) is 0 Å². The molecule has 30 heavy (non-hydrogen) atoms. The first-order valence-corrected chi connectivity index (χ1v) is 9.10. The number of esters is 1. The van der Waals surface area contributed by atoms with E-state index in [1.165, 1.54) is 14.2 Å². The maximum absolute atomic E-state index is 12.7. The summed E-state index contributed by atoms with van der Waals surface area (Å²) in [6.45, 7) is -0.140. The fourth-order valence-corrected chi connectivity index (χ4v) is 2.90. The molecule has 2 amide bonds. The van der Waals surface area contributed by atoms with E-state index in [-0.39, 0.29) is 18.8 Å². The lowest BCUT2D eigenvalue weighted by molar-refractivity contribution is -0.122. The average molecular weight is 408 g/mol. The number of methoxy groups -OCH3 is 1. The number of benzene rings is 2. The molecule has 9 nitrogen and oxygen atoms in total. The number of hydrogen-bond donors (Lipinski definition) is 2. The van der Waals surface area contributed by atoms with Gasteiger partial charge in [0.25, 0.3) is 11.5 Å². The number of amides is 2. The van der Waals surface area contributed by atoms with Gasteiger partial charge in [-0.3, -0.25) is 14.4 Å². The molecule has 0 aliphatic carbocycles. The van der Waals surface area contributed by atoms with Crippen molar-refractivity contribution >= 4 is 28.6 Å². The second-order valence-corrected chi connectivity index (χ2v) is 6.40. The molecule has 1 aromatic heterocycles. The zero-order chi connectivity index (χ0) is 21.7. The molecule has 0 fully saturated rings. The van der Waals surface area contributed by atoms with E-state index >= 15 is 0 Å². The van der Waals surface area contributed by atoms with Crippen molar-refractivity contribution in [2.24, 2.45) is 0 Å². The van der Waals surface area contributed by atoms with E-state index < -0.39 is 23.3 Å². The van der Waals surface area contributed by atoms with Crippen LogP contribution < -0.4 is 16.2 Å². The van der Waals surface area contributed by atoms with Gasteiger partial charge in [0.05, 0.1) is 18.1 Å². The van der Waals surface area contributed by atoms with Crippen molar-refractivity contribution in [1.82, 2.24) is 20.4 Å². The van der Waals surface area contributed by atoms with Gasteiger partial charge in [0.1, 0.15) is 6.54 Å². The monoisotopic (exact) mass is 408 g/mol. The van der Waals surface area contributed by atoms with Crippen molar-refractivity contribution in [3.8, 4) is 0 Å². The van der Waals surface area contributed by atoms with E-state index in [9.17, 15) is 19.2 Å². The lowest BCUT2D eigenvalue weighted by atomic mass is 10.1. The molecule has 0 saturated heterocycles.